The Bertz CT molecular complexity index is 940. The molecule has 4 aromatic rings. The molecule has 1 N–H and O–H groups in total. The molecule has 3 aromatic carbocycles. The van der Waals surface area contributed by atoms with Gasteiger partial charge < -0.3 is 4.98 Å². The molecule has 0 aliphatic rings. The summed E-state index contributed by atoms with van der Waals surface area (Å²) in [7, 11) is 0. The summed E-state index contributed by atoms with van der Waals surface area (Å²) in [6.07, 6.45) is 0. The number of fused-ring (bicyclic) bond motifs is 5. The van der Waals surface area contributed by atoms with Crippen molar-refractivity contribution in [2.24, 2.45) is 0 Å². The van der Waals surface area contributed by atoms with Crippen molar-refractivity contribution >= 4 is 48.5 Å². The van der Waals surface area contributed by atoms with Crippen LogP contribution >= 0.6 is 15.9 Å². The average molecular weight is 314 g/mol. The first kappa shape index (κ1) is 11.0. The minimum Gasteiger partial charge on any atom is -0.352 e. The van der Waals surface area contributed by atoms with E-state index in [9.17, 15) is 4.39 Å². The molecular weight excluding hydrogens is 305 g/mol. The Balaban J connectivity index is 2.38. The molecule has 0 saturated carbocycles. The van der Waals surface area contributed by atoms with Crippen LogP contribution < -0.4 is 0 Å². The molecule has 0 aliphatic heterocycles. The number of nitrogens with one attached hydrogen (secondary N) is 1. The van der Waals surface area contributed by atoms with Crippen molar-refractivity contribution in [2.45, 2.75) is 0 Å². The van der Waals surface area contributed by atoms with Crippen molar-refractivity contribution < 1.29 is 4.39 Å². The highest BCUT2D eigenvalue weighted by molar-refractivity contribution is 9.10. The van der Waals surface area contributed by atoms with Crippen molar-refractivity contribution in [3.05, 3.63) is 58.8 Å². The topological polar surface area (TPSA) is 15.8 Å². The highest BCUT2D eigenvalue weighted by Gasteiger charge is 2.12. The van der Waals surface area contributed by atoms with Gasteiger partial charge in [0.15, 0.2) is 0 Å². The molecule has 1 heterocycles. The van der Waals surface area contributed by atoms with Gasteiger partial charge in [-0.2, -0.15) is 0 Å². The largest absolute Gasteiger partial charge is 0.352 e. The van der Waals surface area contributed by atoms with E-state index in [0.29, 0.717) is 5.52 Å². The molecule has 1 aromatic heterocycles. The normalized spacial score (nSPS) is 11.7. The molecule has 0 aliphatic carbocycles. The number of hydrogen-bond acceptors (Lipinski definition) is 0. The van der Waals surface area contributed by atoms with Gasteiger partial charge in [0.1, 0.15) is 5.82 Å². The first-order valence-electron chi connectivity index (χ1n) is 6.02. The van der Waals surface area contributed by atoms with Gasteiger partial charge in [-0.1, -0.05) is 40.2 Å². The third kappa shape index (κ3) is 1.51. The lowest BCUT2D eigenvalue weighted by atomic mass is 10.0. The number of aromatic amines is 1. The molecule has 0 saturated heterocycles. The van der Waals surface area contributed by atoms with Crippen LogP contribution in [-0.2, 0) is 0 Å². The molecule has 0 spiro atoms. The summed E-state index contributed by atoms with van der Waals surface area (Å²) in [5, 5.41) is 3.99. The van der Waals surface area contributed by atoms with Crippen LogP contribution in [0.15, 0.2) is 53.0 Å². The summed E-state index contributed by atoms with van der Waals surface area (Å²) in [6.45, 7) is 0. The van der Waals surface area contributed by atoms with Gasteiger partial charge >= 0.3 is 0 Å². The van der Waals surface area contributed by atoms with Gasteiger partial charge in [0, 0.05) is 20.8 Å². The highest BCUT2D eigenvalue weighted by atomic mass is 79.9. The van der Waals surface area contributed by atoms with E-state index in [1.54, 1.807) is 6.07 Å². The van der Waals surface area contributed by atoms with Gasteiger partial charge in [-0.15, -0.1) is 0 Å². The number of H-pyrrole nitrogens is 1. The van der Waals surface area contributed by atoms with Crippen LogP contribution in [-0.4, -0.2) is 4.98 Å². The first-order valence-corrected chi connectivity index (χ1v) is 6.81. The zero-order valence-electron chi connectivity index (χ0n) is 9.87. The lowest BCUT2D eigenvalue weighted by Gasteiger charge is -2.01. The summed E-state index contributed by atoms with van der Waals surface area (Å²) in [6, 6.07) is 15.4. The molecule has 19 heavy (non-hydrogen) atoms. The van der Waals surface area contributed by atoms with Gasteiger partial charge in [0.2, 0.25) is 0 Å². The Labute approximate surface area is 117 Å². The van der Waals surface area contributed by atoms with Gasteiger partial charge in [0.25, 0.3) is 0 Å². The Hall–Kier alpha value is -1.87. The fourth-order valence-electron chi connectivity index (χ4n) is 2.68. The van der Waals surface area contributed by atoms with Crippen molar-refractivity contribution in [2.75, 3.05) is 0 Å². The van der Waals surface area contributed by atoms with Crippen molar-refractivity contribution in [3.8, 4) is 0 Å². The molecule has 4 rings (SSSR count). The SMILES string of the molecule is Fc1cc2ccccc2c2c1[nH]c1ccc(Br)cc12. The molecular formula is C16H9BrFN. The Morgan fingerprint density at radius 3 is 2.68 bits per heavy atom. The molecule has 0 bridgehead atoms. The molecule has 0 amide bonds. The number of hydrogen-bond donors (Lipinski definition) is 1. The van der Waals surface area contributed by atoms with E-state index in [4.69, 9.17) is 0 Å². The predicted octanol–water partition coefficient (Wildman–Crippen LogP) is 5.38. The molecule has 92 valence electrons. The van der Waals surface area contributed by atoms with Gasteiger partial charge in [-0.3, -0.25) is 0 Å². The second kappa shape index (κ2) is 3.81. The van der Waals surface area contributed by atoms with Crippen molar-refractivity contribution in [1.29, 1.82) is 0 Å². The summed E-state index contributed by atoms with van der Waals surface area (Å²) in [5.41, 5.74) is 1.53. The average Bonchev–Trinajstić information content (AvgIpc) is 2.78. The maximum Gasteiger partial charge on any atom is 0.147 e. The standard InChI is InChI=1S/C16H9BrFN/c17-10-5-6-14-12(8-10)15-11-4-2-1-3-9(11)7-13(18)16(15)19-14/h1-8,19H. The zero-order valence-corrected chi connectivity index (χ0v) is 11.5. The molecule has 0 fully saturated rings. The maximum atomic E-state index is 14.2. The Kier molecular flexibility index (Phi) is 2.21. The monoisotopic (exact) mass is 313 g/mol. The molecule has 0 radical (unpaired) electrons. The summed E-state index contributed by atoms with van der Waals surface area (Å²) >= 11 is 3.48. The van der Waals surface area contributed by atoms with Gasteiger partial charge in [-0.25, -0.2) is 4.39 Å². The van der Waals surface area contributed by atoms with E-state index in [1.807, 2.05) is 42.5 Å². The van der Waals surface area contributed by atoms with Gasteiger partial charge in [0.05, 0.1) is 5.52 Å². The Morgan fingerprint density at radius 2 is 1.79 bits per heavy atom. The van der Waals surface area contributed by atoms with Crippen LogP contribution in [0, 0.1) is 5.82 Å². The molecule has 3 heteroatoms. The van der Waals surface area contributed by atoms with Crippen molar-refractivity contribution in [1.82, 2.24) is 4.98 Å². The molecule has 0 unspecified atom stereocenters. The minimum absolute atomic E-state index is 0.207. The third-order valence-corrected chi connectivity index (χ3v) is 4.01. The van der Waals surface area contributed by atoms with E-state index < -0.39 is 0 Å². The number of benzene rings is 3. The second-order valence-electron chi connectivity index (χ2n) is 4.64. The van der Waals surface area contributed by atoms with Crippen LogP contribution in [0.25, 0.3) is 32.6 Å². The minimum atomic E-state index is -0.207. The van der Waals surface area contributed by atoms with E-state index in [1.165, 1.54) is 0 Å². The Morgan fingerprint density at radius 1 is 0.947 bits per heavy atom. The van der Waals surface area contributed by atoms with Crippen LogP contribution in [0.5, 0.6) is 0 Å². The quantitative estimate of drug-likeness (QED) is 0.449. The lowest BCUT2D eigenvalue weighted by molar-refractivity contribution is 0.639. The number of aromatic nitrogens is 1. The number of rotatable bonds is 0. The van der Waals surface area contributed by atoms with Crippen LogP contribution in [0.1, 0.15) is 0 Å². The van der Waals surface area contributed by atoms with Crippen LogP contribution in [0.3, 0.4) is 0 Å². The lowest BCUT2D eigenvalue weighted by Crippen LogP contribution is -1.80. The highest BCUT2D eigenvalue weighted by Crippen LogP contribution is 2.35. The number of halogens is 2. The summed E-state index contributed by atoms with van der Waals surface area (Å²) in [4.78, 5) is 3.17. The first-order chi connectivity index (χ1) is 9.24. The van der Waals surface area contributed by atoms with Crippen LogP contribution in [0.2, 0.25) is 0 Å². The summed E-state index contributed by atoms with van der Waals surface area (Å²) < 4.78 is 15.2. The molecule has 0 atom stereocenters. The van der Waals surface area contributed by atoms with Gasteiger partial charge in [-0.05, 0) is 35.0 Å². The van der Waals surface area contributed by atoms with Crippen LogP contribution in [0.4, 0.5) is 4.39 Å². The van der Waals surface area contributed by atoms with E-state index >= 15 is 0 Å². The molecule has 1 nitrogen and oxygen atoms in total. The zero-order chi connectivity index (χ0) is 13.0. The third-order valence-electron chi connectivity index (χ3n) is 3.51. The summed E-state index contributed by atoms with van der Waals surface area (Å²) in [5.74, 6) is -0.207. The smallest absolute Gasteiger partial charge is 0.147 e. The van der Waals surface area contributed by atoms with E-state index in [2.05, 4.69) is 20.9 Å². The fourth-order valence-corrected chi connectivity index (χ4v) is 3.04. The van der Waals surface area contributed by atoms with E-state index in [-0.39, 0.29) is 5.82 Å². The van der Waals surface area contributed by atoms with E-state index in [0.717, 1.165) is 31.5 Å². The fraction of sp³-hybridized carbons (Fsp3) is 0. The van der Waals surface area contributed by atoms with Crippen molar-refractivity contribution in [3.63, 3.8) is 0 Å². The predicted molar refractivity (Wildman–Crippen MR) is 81.0 cm³/mol. The second-order valence-corrected chi connectivity index (χ2v) is 5.56. The maximum absolute atomic E-state index is 14.2.